The molecule has 0 unspecified atom stereocenters. The Balaban J connectivity index is 1.53. The quantitative estimate of drug-likeness (QED) is 0.449. The van der Waals surface area contributed by atoms with E-state index in [1.165, 1.54) is 22.9 Å². The van der Waals surface area contributed by atoms with Crippen molar-refractivity contribution in [1.29, 1.82) is 0 Å². The van der Waals surface area contributed by atoms with Gasteiger partial charge >= 0.3 is 0 Å². The topological polar surface area (TPSA) is 45.7 Å². The summed E-state index contributed by atoms with van der Waals surface area (Å²) in [7, 11) is 0. The molecule has 1 fully saturated rings. The molecule has 0 spiro atoms. The zero-order chi connectivity index (χ0) is 21.8. The van der Waals surface area contributed by atoms with Gasteiger partial charge in [0.1, 0.15) is 0 Å². The number of carbonyl (C=O) groups is 1. The number of hydrogen-bond acceptors (Lipinski definition) is 6. The van der Waals surface area contributed by atoms with Crippen LogP contribution >= 0.6 is 34.7 Å². The van der Waals surface area contributed by atoms with Crippen LogP contribution in [0.5, 0.6) is 0 Å². The Bertz CT molecular complexity index is 1050. The van der Waals surface area contributed by atoms with Crippen molar-refractivity contribution in [1.82, 2.24) is 9.88 Å². The molecule has 0 N–H and O–H groups in total. The summed E-state index contributed by atoms with van der Waals surface area (Å²) in [6.07, 6.45) is 0. The van der Waals surface area contributed by atoms with E-state index in [9.17, 15) is 4.79 Å². The van der Waals surface area contributed by atoms with Gasteiger partial charge in [-0.1, -0.05) is 29.0 Å². The van der Waals surface area contributed by atoms with E-state index >= 15 is 0 Å². The lowest BCUT2D eigenvalue weighted by atomic mass is 10.1. The number of fused-ring (bicyclic) bond motifs is 1. The molecule has 2 aromatic carbocycles. The van der Waals surface area contributed by atoms with Crippen LogP contribution in [0, 0.1) is 13.8 Å². The van der Waals surface area contributed by atoms with Crippen LogP contribution in [0.4, 0.5) is 5.13 Å². The SMILES string of the molecule is Cc1ccc2sc(N(CCN3CCOCC3)C(=O)CSc3ccc(Cl)cc3)nc2c1C. The minimum absolute atomic E-state index is 0.0710. The Hall–Kier alpha value is -1.64. The number of aryl methyl sites for hydroxylation is 2. The molecule has 3 aromatic rings. The fourth-order valence-electron chi connectivity index (χ4n) is 3.48. The maximum atomic E-state index is 13.3. The fraction of sp³-hybridized carbons (Fsp3) is 0.391. The summed E-state index contributed by atoms with van der Waals surface area (Å²) >= 11 is 9.10. The van der Waals surface area contributed by atoms with Gasteiger partial charge in [0.25, 0.3) is 0 Å². The number of rotatable bonds is 7. The predicted octanol–water partition coefficient (Wildman–Crippen LogP) is 5.02. The highest BCUT2D eigenvalue weighted by Crippen LogP contribution is 2.32. The summed E-state index contributed by atoms with van der Waals surface area (Å²) in [4.78, 5) is 23.4. The lowest BCUT2D eigenvalue weighted by molar-refractivity contribution is -0.116. The Kier molecular flexibility index (Phi) is 7.51. The Labute approximate surface area is 196 Å². The van der Waals surface area contributed by atoms with E-state index in [1.54, 1.807) is 11.3 Å². The summed E-state index contributed by atoms with van der Waals surface area (Å²) in [5.41, 5.74) is 3.39. The number of ether oxygens (including phenoxy) is 1. The highest BCUT2D eigenvalue weighted by atomic mass is 35.5. The van der Waals surface area contributed by atoms with Crippen LogP contribution in [0.2, 0.25) is 5.02 Å². The maximum absolute atomic E-state index is 13.3. The first kappa shape index (κ1) is 22.6. The highest BCUT2D eigenvalue weighted by molar-refractivity contribution is 8.00. The van der Waals surface area contributed by atoms with Crippen LogP contribution in [0.3, 0.4) is 0 Å². The van der Waals surface area contributed by atoms with Gasteiger partial charge in [0.05, 0.1) is 29.2 Å². The second-order valence-electron chi connectivity index (χ2n) is 7.59. The molecule has 164 valence electrons. The number of benzene rings is 2. The first-order chi connectivity index (χ1) is 15.0. The zero-order valence-electron chi connectivity index (χ0n) is 17.8. The number of thiazole rings is 1. The molecule has 2 heterocycles. The number of hydrogen-bond donors (Lipinski definition) is 0. The van der Waals surface area contributed by atoms with Gasteiger partial charge in [0, 0.05) is 36.1 Å². The number of halogens is 1. The Morgan fingerprint density at radius 3 is 2.68 bits per heavy atom. The lowest BCUT2D eigenvalue weighted by Crippen LogP contribution is -2.43. The molecule has 1 saturated heterocycles. The van der Waals surface area contributed by atoms with Gasteiger partial charge in [0.2, 0.25) is 5.91 Å². The second-order valence-corrected chi connectivity index (χ2v) is 10.1. The molecule has 1 amide bonds. The van der Waals surface area contributed by atoms with Crippen LogP contribution < -0.4 is 4.90 Å². The summed E-state index contributed by atoms with van der Waals surface area (Å²) in [6, 6.07) is 11.8. The average molecular weight is 476 g/mol. The van der Waals surface area contributed by atoms with Gasteiger partial charge < -0.3 is 4.74 Å². The van der Waals surface area contributed by atoms with E-state index in [2.05, 4.69) is 30.9 Å². The van der Waals surface area contributed by atoms with Crippen molar-refractivity contribution in [2.24, 2.45) is 0 Å². The van der Waals surface area contributed by atoms with Crippen molar-refractivity contribution in [3.63, 3.8) is 0 Å². The monoisotopic (exact) mass is 475 g/mol. The number of aromatic nitrogens is 1. The van der Waals surface area contributed by atoms with Gasteiger partial charge in [-0.2, -0.15) is 0 Å². The molecule has 0 bridgehead atoms. The van der Waals surface area contributed by atoms with Gasteiger partial charge in [-0.15, -0.1) is 11.8 Å². The fourth-order valence-corrected chi connectivity index (χ4v) is 5.45. The number of carbonyl (C=O) groups excluding carboxylic acids is 1. The van der Waals surface area contributed by atoms with Gasteiger partial charge in [-0.25, -0.2) is 4.98 Å². The van der Waals surface area contributed by atoms with E-state index in [1.807, 2.05) is 29.2 Å². The molecule has 31 heavy (non-hydrogen) atoms. The second kappa shape index (κ2) is 10.3. The van der Waals surface area contributed by atoms with E-state index in [-0.39, 0.29) is 5.91 Å². The molecule has 0 saturated carbocycles. The average Bonchev–Trinajstić information content (AvgIpc) is 3.21. The van der Waals surface area contributed by atoms with E-state index in [0.29, 0.717) is 17.3 Å². The van der Waals surface area contributed by atoms with Crippen molar-refractivity contribution in [2.45, 2.75) is 18.7 Å². The number of nitrogens with zero attached hydrogens (tertiary/aromatic N) is 3. The van der Waals surface area contributed by atoms with Crippen LogP contribution in [0.1, 0.15) is 11.1 Å². The van der Waals surface area contributed by atoms with Crippen molar-refractivity contribution < 1.29 is 9.53 Å². The summed E-state index contributed by atoms with van der Waals surface area (Å²) in [5, 5.41) is 1.47. The van der Waals surface area contributed by atoms with Crippen molar-refractivity contribution in [3.8, 4) is 0 Å². The molecule has 0 radical (unpaired) electrons. The minimum Gasteiger partial charge on any atom is -0.379 e. The summed E-state index contributed by atoms with van der Waals surface area (Å²) < 4.78 is 6.57. The molecule has 1 aliphatic rings. The van der Waals surface area contributed by atoms with E-state index < -0.39 is 0 Å². The number of amides is 1. The molecular formula is C23H26ClN3O2S2. The largest absolute Gasteiger partial charge is 0.379 e. The summed E-state index contributed by atoms with van der Waals surface area (Å²) in [6.45, 7) is 8.93. The Morgan fingerprint density at radius 2 is 1.94 bits per heavy atom. The van der Waals surface area contributed by atoms with Crippen molar-refractivity contribution in [3.05, 3.63) is 52.5 Å². The first-order valence-corrected chi connectivity index (χ1v) is 12.5. The normalized spacial score (nSPS) is 14.8. The molecule has 1 aliphatic heterocycles. The molecular weight excluding hydrogens is 450 g/mol. The summed E-state index contributed by atoms with van der Waals surface area (Å²) in [5.74, 6) is 0.431. The van der Waals surface area contributed by atoms with E-state index in [4.69, 9.17) is 21.3 Å². The predicted molar refractivity (Wildman–Crippen MR) is 131 cm³/mol. The highest BCUT2D eigenvalue weighted by Gasteiger charge is 2.22. The van der Waals surface area contributed by atoms with Crippen LogP contribution in [-0.2, 0) is 9.53 Å². The molecule has 4 rings (SSSR count). The zero-order valence-corrected chi connectivity index (χ0v) is 20.2. The molecule has 1 aromatic heterocycles. The lowest BCUT2D eigenvalue weighted by Gasteiger charge is -2.29. The molecule has 8 heteroatoms. The minimum atomic E-state index is 0.0710. The Morgan fingerprint density at radius 1 is 1.19 bits per heavy atom. The van der Waals surface area contributed by atoms with Gasteiger partial charge in [-0.05, 0) is 55.3 Å². The van der Waals surface area contributed by atoms with Crippen molar-refractivity contribution >= 4 is 56.0 Å². The third-order valence-electron chi connectivity index (χ3n) is 5.52. The molecule has 0 atom stereocenters. The van der Waals surface area contributed by atoms with Gasteiger partial charge in [-0.3, -0.25) is 14.6 Å². The van der Waals surface area contributed by atoms with Crippen LogP contribution in [0.25, 0.3) is 10.2 Å². The smallest absolute Gasteiger partial charge is 0.239 e. The standard InChI is InChI=1S/C23H26ClN3O2S2/c1-16-3-8-20-22(17(16)2)25-23(31-20)27(10-9-26-11-13-29-14-12-26)21(28)15-30-19-6-4-18(24)5-7-19/h3-8H,9-15H2,1-2H3. The third-order valence-corrected chi connectivity index (χ3v) is 7.82. The molecule has 0 aliphatic carbocycles. The van der Waals surface area contributed by atoms with Crippen molar-refractivity contribution in [2.75, 3.05) is 50.0 Å². The first-order valence-electron chi connectivity index (χ1n) is 10.4. The maximum Gasteiger partial charge on any atom is 0.239 e. The number of thioether (sulfide) groups is 1. The van der Waals surface area contributed by atoms with Crippen LogP contribution in [-0.4, -0.2) is 60.9 Å². The molecule has 5 nitrogen and oxygen atoms in total. The number of anilines is 1. The van der Waals surface area contributed by atoms with Crippen LogP contribution in [0.15, 0.2) is 41.3 Å². The van der Waals surface area contributed by atoms with E-state index in [0.717, 1.165) is 53.1 Å². The van der Waals surface area contributed by atoms with Gasteiger partial charge in [0.15, 0.2) is 5.13 Å². The number of morpholine rings is 1. The third kappa shape index (κ3) is 5.59.